The molecule has 3 amide bonds. The number of carbonyl (C=O) groups excluding carboxylic acids is 3. The molecule has 16 nitrogen and oxygen atoms in total. The molecule has 0 aliphatic rings. The highest BCUT2D eigenvalue weighted by atomic mass is 16.4. The van der Waals surface area contributed by atoms with Crippen LogP contribution in [0, 0.1) is 14.7 Å². The molecule has 0 unspecified atom stereocenters. The molecular weight excluding hydrogens is 412 g/mol. The number of carboxylic acids is 2. The van der Waals surface area contributed by atoms with E-state index in [1.165, 1.54) is 4.90 Å². The molecule has 2 N–H and O–H groups in total. The van der Waals surface area contributed by atoms with E-state index in [1.54, 1.807) is 0 Å². The average molecular weight is 432 g/mol. The summed E-state index contributed by atoms with van der Waals surface area (Å²) >= 11 is 0. The fourth-order valence-electron chi connectivity index (χ4n) is 2.31. The maximum atomic E-state index is 11.2. The molecule has 0 saturated heterocycles. The Morgan fingerprint density at radius 1 is 0.500 bits per heavy atom. The first-order chi connectivity index (χ1) is 14.1. The van der Waals surface area contributed by atoms with Gasteiger partial charge in [-0.25, -0.2) is 0 Å². The van der Waals surface area contributed by atoms with Crippen molar-refractivity contribution in [3.8, 4) is 0 Å². The van der Waals surface area contributed by atoms with E-state index in [0.29, 0.717) is 0 Å². The van der Waals surface area contributed by atoms with E-state index in [4.69, 9.17) is 10.2 Å². The molecule has 30 heavy (non-hydrogen) atoms. The topological polar surface area (TPSA) is 224 Å². The zero-order valence-corrected chi connectivity index (χ0v) is 15.7. The van der Waals surface area contributed by atoms with Crippen molar-refractivity contribution in [2.45, 2.75) is 0 Å². The van der Waals surface area contributed by atoms with E-state index in [1.807, 2.05) is 0 Å². The van der Waals surface area contributed by atoms with Gasteiger partial charge in [-0.05, 0) is 0 Å². The molecule has 0 fully saturated rings. The number of carboxylic acid groups (broad SMARTS) is 2. The van der Waals surface area contributed by atoms with Crippen LogP contribution in [0.5, 0.6) is 0 Å². The second kappa shape index (κ2) is 14.6. The summed E-state index contributed by atoms with van der Waals surface area (Å²) in [5, 5.41) is 24.4. The lowest BCUT2D eigenvalue weighted by atomic mass is 10.3. The highest BCUT2D eigenvalue weighted by molar-refractivity contribution is 5.81. The normalized spacial score (nSPS) is 10.8. The number of nitroso groups, excluding NO2 is 3. The van der Waals surface area contributed by atoms with Crippen molar-refractivity contribution in [1.29, 1.82) is 0 Å². The molecule has 0 aromatic rings. The van der Waals surface area contributed by atoms with Crippen molar-refractivity contribution in [2.24, 2.45) is 15.5 Å². The maximum Gasteiger partial charge on any atom is 0.317 e. The van der Waals surface area contributed by atoms with Crippen LogP contribution in [0.25, 0.3) is 0 Å². The number of rotatable bonds is 16. The van der Waals surface area contributed by atoms with Gasteiger partial charge in [-0.15, -0.1) is 14.7 Å². The molecule has 16 heteroatoms. The Hall–Kier alpha value is -3.37. The lowest BCUT2D eigenvalue weighted by Crippen LogP contribution is -2.45. The SMILES string of the molecule is O=NC(=O)CN(CCN(CCN(CC(=O)N=O)CC(=O)N=O)CC(=O)O)CC(=O)O. The van der Waals surface area contributed by atoms with Crippen molar-refractivity contribution in [3.63, 3.8) is 0 Å². The van der Waals surface area contributed by atoms with Crippen molar-refractivity contribution in [1.82, 2.24) is 14.7 Å². The Morgan fingerprint density at radius 3 is 1.07 bits per heavy atom. The van der Waals surface area contributed by atoms with Crippen molar-refractivity contribution >= 4 is 29.7 Å². The molecule has 0 aliphatic carbocycles. The van der Waals surface area contributed by atoms with Crippen molar-refractivity contribution < 1.29 is 34.2 Å². The zero-order valence-electron chi connectivity index (χ0n) is 15.7. The quantitative estimate of drug-likeness (QED) is 0.250. The molecule has 0 bridgehead atoms. The molecule has 0 radical (unpaired) electrons. The summed E-state index contributed by atoms with van der Waals surface area (Å²) in [6, 6.07) is 0. The Balaban J connectivity index is 5.07. The third-order valence-corrected chi connectivity index (χ3v) is 3.56. The summed E-state index contributed by atoms with van der Waals surface area (Å²) < 4.78 is 0. The van der Waals surface area contributed by atoms with E-state index < -0.39 is 62.4 Å². The van der Waals surface area contributed by atoms with E-state index in [0.717, 1.165) is 9.80 Å². The minimum Gasteiger partial charge on any atom is -0.480 e. The second-order valence-electron chi connectivity index (χ2n) is 5.94. The van der Waals surface area contributed by atoms with Gasteiger partial charge >= 0.3 is 11.9 Å². The molecule has 0 rings (SSSR count). The predicted molar refractivity (Wildman–Crippen MR) is 97.0 cm³/mol. The Morgan fingerprint density at radius 2 is 0.767 bits per heavy atom. The van der Waals surface area contributed by atoms with Crippen LogP contribution in [0.3, 0.4) is 0 Å². The first-order valence-electron chi connectivity index (χ1n) is 8.30. The fourth-order valence-corrected chi connectivity index (χ4v) is 2.31. The largest absolute Gasteiger partial charge is 0.480 e. The van der Waals surface area contributed by atoms with Crippen molar-refractivity contribution in [2.75, 3.05) is 58.9 Å². The van der Waals surface area contributed by atoms with Crippen LogP contribution in [0.2, 0.25) is 0 Å². The van der Waals surface area contributed by atoms with Crippen molar-refractivity contribution in [3.05, 3.63) is 14.7 Å². The van der Waals surface area contributed by atoms with Gasteiger partial charge < -0.3 is 10.2 Å². The molecule has 0 aromatic carbocycles. The second-order valence-corrected chi connectivity index (χ2v) is 5.94. The Bertz CT molecular complexity index is 662. The smallest absolute Gasteiger partial charge is 0.317 e. The molecule has 0 atom stereocenters. The van der Waals surface area contributed by atoms with Crippen LogP contribution in [-0.2, 0) is 24.0 Å². The summed E-state index contributed by atoms with van der Waals surface area (Å²) in [4.78, 5) is 89.6. The number of aliphatic carboxylic acids is 2. The summed E-state index contributed by atoms with van der Waals surface area (Å²) in [6.45, 7) is -3.31. The Kier molecular flexibility index (Phi) is 13.0. The average Bonchev–Trinajstić information content (AvgIpc) is 2.68. The minimum absolute atomic E-state index is 0.0701. The van der Waals surface area contributed by atoms with Gasteiger partial charge in [0.25, 0.3) is 17.7 Å². The van der Waals surface area contributed by atoms with Crippen LogP contribution >= 0.6 is 0 Å². The number of hydrogen-bond donors (Lipinski definition) is 2. The third-order valence-electron chi connectivity index (χ3n) is 3.56. The predicted octanol–water partition coefficient (Wildman–Crippen LogP) is -2.06. The molecular formula is C14H20N6O10. The number of amides is 3. The lowest BCUT2D eigenvalue weighted by molar-refractivity contribution is -0.140. The summed E-state index contributed by atoms with van der Waals surface area (Å²) in [5.74, 6) is -5.87. The molecule has 166 valence electrons. The minimum atomic E-state index is -1.29. The van der Waals surface area contributed by atoms with Gasteiger partial charge in [0.15, 0.2) is 0 Å². The first-order valence-corrected chi connectivity index (χ1v) is 8.30. The van der Waals surface area contributed by atoms with E-state index >= 15 is 0 Å². The van der Waals surface area contributed by atoms with Gasteiger partial charge in [0.1, 0.15) is 0 Å². The molecule has 0 spiro atoms. The number of nitrogens with zero attached hydrogens (tertiary/aromatic N) is 6. The van der Waals surface area contributed by atoms with Gasteiger partial charge in [-0.1, -0.05) is 0 Å². The molecule has 0 aromatic heterocycles. The van der Waals surface area contributed by atoms with Crippen LogP contribution in [0.1, 0.15) is 0 Å². The van der Waals surface area contributed by atoms with Crippen LogP contribution in [0.15, 0.2) is 15.5 Å². The van der Waals surface area contributed by atoms with Crippen LogP contribution in [-0.4, -0.2) is 113 Å². The molecule has 0 heterocycles. The standard InChI is InChI=1S/C14H20N6O10/c21-10(15-28)5-19(6-11(22)16-29)3-1-18(8-13(24)25)2-4-20(9-14(26)27)7-12(23)17-30/h1-9H2,(H,24,25)(H,26,27). The van der Waals surface area contributed by atoms with E-state index in [-0.39, 0.29) is 26.2 Å². The molecule has 0 aliphatic heterocycles. The number of carbonyl (C=O) groups is 5. The van der Waals surface area contributed by atoms with E-state index in [9.17, 15) is 38.7 Å². The molecule has 0 saturated carbocycles. The zero-order chi connectivity index (χ0) is 23.1. The highest BCUT2D eigenvalue weighted by Gasteiger charge is 2.20. The van der Waals surface area contributed by atoms with Gasteiger partial charge in [0, 0.05) is 41.7 Å². The van der Waals surface area contributed by atoms with Gasteiger partial charge in [-0.3, -0.25) is 38.7 Å². The van der Waals surface area contributed by atoms with Gasteiger partial charge in [0.05, 0.1) is 32.7 Å². The maximum absolute atomic E-state index is 11.2. The summed E-state index contributed by atoms with van der Waals surface area (Å²) in [5.41, 5.74) is 0. The van der Waals surface area contributed by atoms with Crippen LogP contribution in [0.4, 0.5) is 0 Å². The Labute approximate surface area is 168 Å². The third kappa shape index (κ3) is 12.9. The monoisotopic (exact) mass is 432 g/mol. The van der Waals surface area contributed by atoms with Gasteiger partial charge in [0.2, 0.25) is 0 Å². The van der Waals surface area contributed by atoms with E-state index in [2.05, 4.69) is 15.5 Å². The fraction of sp³-hybridized carbons (Fsp3) is 0.643. The first kappa shape index (κ1) is 26.6. The summed E-state index contributed by atoms with van der Waals surface area (Å²) in [7, 11) is 0. The summed E-state index contributed by atoms with van der Waals surface area (Å²) in [6.07, 6.45) is 0. The highest BCUT2D eigenvalue weighted by Crippen LogP contribution is 1.98. The van der Waals surface area contributed by atoms with Gasteiger partial charge in [-0.2, -0.15) is 0 Å². The van der Waals surface area contributed by atoms with Crippen LogP contribution < -0.4 is 0 Å². The lowest BCUT2D eigenvalue weighted by Gasteiger charge is -2.27. The number of hydrogen-bond acceptors (Lipinski definition) is 11.